The van der Waals surface area contributed by atoms with Crippen LogP contribution in [-0.4, -0.2) is 55.8 Å². The average molecular weight is 458 g/mol. The van der Waals surface area contributed by atoms with Gasteiger partial charge in [-0.3, -0.25) is 0 Å². The highest BCUT2D eigenvalue weighted by atomic mass is 32.2. The topological polar surface area (TPSA) is 124 Å². The Bertz CT molecular complexity index is 1140. The summed E-state index contributed by atoms with van der Waals surface area (Å²) < 4.78 is 58.7. The van der Waals surface area contributed by atoms with Crippen molar-refractivity contribution in [1.82, 2.24) is 20.0 Å². The highest BCUT2D eigenvalue weighted by Gasteiger charge is 2.38. The summed E-state index contributed by atoms with van der Waals surface area (Å²) in [6.45, 7) is 2.92. The highest BCUT2D eigenvalue weighted by molar-refractivity contribution is 7.89. The van der Waals surface area contributed by atoms with E-state index >= 15 is 0 Å². The Balaban J connectivity index is 0.000000423. The minimum atomic E-state index is -5.08. The van der Waals surface area contributed by atoms with Crippen molar-refractivity contribution in [2.45, 2.75) is 18.0 Å². The lowest BCUT2D eigenvalue weighted by molar-refractivity contribution is -0.192. The molecule has 2 aromatic heterocycles. The maximum atomic E-state index is 12.2. The molecule has 31 heavy (non-hydrogen) atoms. The molecule has 0 unspecified atom stereocenters. The second-order valence-corrected chi connectivity index (χ2v) is 8.17. The van der Waals surface area contributed by atoms with Crippen LogP contribution in [0.4, 0.5) is 13.2 Å². The molecule has 8 nitrogen and oxygen atoms in total. The summed E-state index contributed by atoms with van der Waals surface area (Å²) in [4.78, 5) is 16.7. The number of hydrogen-bond acceptors (Lipinski definition) is 5. The number of aromatic nitrogens is 2. The molecule has 0 aliphatic rings. The van der Waals surface area contributed by atoms with Crippen molar-refractivity contribution in [3.63, 3.8) is 0 Å². The summed E-state index contributed by atoms with van der Waals surface area (Å²) in [6.07, 6.45) is -3.34. The molecule has 0 aliphatic carbocycles. The van der Waals surface area contributed by atoms with Gasteiger partial charge in [0.15, 0.2) is 0 Å². The molecule has 4 N–H and O–H groups in total. The van der Waals surface area contributed by atoms with E-state index in [0.29, 0.717) is 13.1 Å². The Hall–Kier alpha value is -2.96. The van der Waals surface area contributed by atoms with Crippen molar-refractivity contribution in [3.05, 3.63) is 48.3 Å². The summed E-state index contributed by atoms with van der Waals surface area (Å²) in [6, 6.07) is 10.9. The zero-order valence-corrected chi connectivity index (χ0v) is 17.4. The number of carbonyl (C=O) groups is 1. The number of sulfonamides is 1. The zero-order chi connectivity index (χ0) is 23.2. The summed E-state index contributed by atoms with van der Waals surface area (Å²) in [5.41, 5.74) is 3.85. The molecule has 0 bridgehead atoms. The number of rotatable bonds is 6. The van der Waals surface area contributed by atoms with Gasteiger partial charge in [0.05, 0.1) is 4.90 Å². The Kier molecular flexibility index (Phi) is 7.76. The standard InChI is InChI=1S/C17H20N4O2S.C2HF3O2/c1-12-11-16-15(7-8-19-17(16)21-12)13-3-5-14(6-4-13)24(22,23)20-10-9-18-2;3-2(4,5)1(6)7/h3-8,11,18,20H,9-10H2,1-2H3,(H,19,21);(H,6,7). The number of pyridine rings is 1. The van der Waals surface area contributed by atoms with Crippen LogP contribution in [0.25, 0.3) is 22.2 Å². The predicted octanol–water partition coefficient (Wildman–Crippen LogP) is 2.67. The van der Waals surface area contributed by atoms with Gasteiger partial charge in [-0.15, -0.1) is 0 Å². The number of fused-ring (bicyclic) bond motifs is 1. The second-order valence-electron chi connectivity index (χ2n) is 6.40. The first-order chi connectivity index (χ1) is 14.5. The lowest BCUT2D eigenvalue weighted by atomic mass is 10.0. The fourth-order valence-electron chi connectivity index (χ4n) is 2.62. The summed E-state index contributed by atoms with van der Waals surface area (Å²) in [5, 5.41) is 11.1. The largest absolute Gasteiger partial charge is 0.490 e. The van der Waals surface area contributed by atoms with E-state index in [9.17, 15) is 21.6 Å². The zero-order valence-electron chi connectivity index (χ0n) is 16.6. The maximum absolute atomic E-state index is 12.2. The van der Waals surface area contributed by atoms with E-state index in [1.54, 1.807) is 25.4 Å². The number of H-pyrrole nitrogens is 1. The number of aliphatic carboxylic acids is 1. The van der Waals surface area contributed by atoms with Crippen molar-refractivity contribution in [1.29, 1.82) is 0 Å². The van der Waals surface area contributed by atoms with Crippen molar-refractivity contribution in [2.75, 3.05) is 20.1 Å². The second kappa shape index (κ2) is 9.90. The van der Waals surface area contributed by atoms with E-state index in [0.717, 1.165) is 27.9 Å². The third-order valence-electron chi connectivity index (χ3n) is 4.05. The van der Waals surface area contributed by atoms with E-state index in [1.165, 1.54) is 0 Å². The molecule has 3 aromatic rings. The Labute approximate surface area is 176 Å². The molecule has 168 valence electrons. The number of carboxylic acid groups (broad SMARTS) is 1. The van der Waals surface area contributed by atoms with Crippen LogP contribution in [0.1, 0.15) is 5.69 Å². The number of likely N-dealkylation sites (N-methyl/N-ethyl adjacent to an activating group) is 1. The molecule has 0 fully saturated rings. The lowest BCUT2D eigenvalue weighted by Crippen LogP contribution is -2.30. The van der Waals surface area contributed by atoms with E-state index in [4.69, 9.17) is 9.90 Å². The third-order valence-corrected chi connectivity index (χ3v) is 5.53. The van der Waals surface area contributed by atoms with Crippen molar-refractivity contribution < 1.29 is 31.5 Å². The van der Waals surface area contributed by atoms with E-state index < -0.39 is 22.2 Å². The number of nitrogens with zero attached hydrogens (tertiary/aromatic N) is 1. The summed E-state index contributed by atoms with van der Waals surface area (Å²) >= 11 is 0. The molecule has 0 amide bonds. The molecular weight excluding hydrogens is 437 g/mol. The quantitative estimate of drug-likeness (QED) is 0.421. The van der Waals surface area contributed by atoms with Gasteiger partial charge in [-0.05, 0) is 49.4 Å². The molecule has 0 saturated carbocycles. The number of nitrogens with one attached hydrogen (secondary N) is 3. The first kappa shape index (κ1) is 24.3. The van der Waals surface area contributed by atoms with Crippen molar-refractivity contribution in [3.8, 4) is 11.1 Å². The van der Waals surface area contributed by atoms with E-state index in [2.05, 4.69) is 20.0 Å². The predicted molar refractivity (Wildman–Crippen MR) is 109 cm³/mol. The van der Waals surface area contributed by atoms with Gasteiger partial charge in [0.1, 0.15) is 5.65 Å². The van der Waals surface area contributed by atoms with Gasteiger partial charge < -0.3 is 15.4 Å². The minimum Gasteiger partial charge on any atom is -0.475 e. The molecule has 0 spiro atoms. The number of alkyl halides is 3. The van der Waals surface area contributed by atoms with Gasteiger partial charge in [0, 0.05) is 30.4 Å². The van der Waals surface area contributed by atoms with E-state index in [1.807, 2.05) is 31.2 Å². The monoisotopic (exact) mass is 458 g/mol. The van der Waals surface area contributed by atoms with Crippen molar-refractivity contribution in [2.24, 2.45) is 0 Å². The fourth-order valence-corrected chi connectivity index (χ4v) is 3.65. The van der Waals surface area contributed by atoms with Gasteiger partial charge >= 0.3 is 12.1 Å². The number of aryl methyl sites for hydroxylation is 1. The molecule has 0 radical (unpaired) electrons. The average Bonchev–Trinajstić information content (AvgIpc) is 3.08. The smallest absolute Gasteiger partial charge is 0.475 e. The van der Waals surface area contributed by atoms with Gasteiger partial charge in [-0.1, -0.05) is 12.1 Å². The molecule has 0 atom stereocenters. The number of benzene rings is 1. The van der Waals surface area contributed by atoms with Crippen LogP contribution in [0.15, 0.2) is 47.5 Å². The Morgan fingerprint density at radius 1 is 1.16 bits per heavy atom. The summed E-state index contributed by atoms with van der Waals surface area (Å²) in [7, 11) is -1.70. The molecule has 12 heteroatoms. The third kappa shape index (κ3) is 6.51. The first-order valence-electron chi connectivity index (χ1n) is 8.95. The van der Waals surface area contributed by atoms with Crippen LogP contribution >= 0.6 is 0 Å². The van der Waals surface area contributed by atoms with Crippen molar-refractivity contribution >= 4 is 27.0 Å². The van der Waals surface area contributed by atoms with Gasteiger partial charge in [0.25, 0.3) is 0 Å². The molecule has 1 aromatic carbocycles. The van der Waals surface area contributed by atoms with Crippen LogP contribution in [0.2, 0.25) is 0 Å². The van der Waals surface area contributed by atoms with Gasteiger partial charge in [-0.2, -0.15) is 13.2 Å². The number of hydrogen-bond donors (Lipinski definition) is 4. The first-order valence-corrected chi connectivity index (χ1v) is 10.4. The molecule has 0 saturated heterocycles. The van der Waals surface area contributed by atoms with Gasteiger partial charge in [0.2, 0.25) is 10.0 Å². The molecular formula is C19H21F3N4O4S. The minimum absolute atomic E-state index is 0.262. The SMILES string of the molecule is CNCCNS(=O)(=O)c1ccc(-c2ccnc3[nH]c(C)cc23)cc1.O=C(O)C(F)(F)F. The maximum Gasteiger partial charge on any atom is 0.490 e. The number of aromatic amines is 1. The Morgan fingerprint density at radius 2 is 1.77 bits per heavy atom. The van der Waals surface area contributed by atoms with Crippen LogP contribution in [0, 0.1) is 6.92 Å². The number of carboxylic acids is 1. The highest BCUT2D eigenvalue weighted by Crippen LogP contribution is 2.28. The Morgan fingerprint density at radius 3 is 2.32 bits per heavy atom. The van der Waals surface area contributed by atoms with Gasteiger partial charge in [-0.25, -0.2) is 22.9 Å². The lowest BCUT2D eigenvalue weighted by Gasteiger charge is -2.08. The molecule has 3 rings (SSSR count). The van der Waals surface area contributed by atoms with Crippen LogP contribution < -0.4 is 10.0 Å². The normalized spacial score (nSPS) is 11.8. The summed E-state index contributed by atoms with van der Waals surface area (Å²) in [5.74, 6) is -2.76. The molecule has 2 heterocycles. The van der Waals surface area contributed by atoms with Crippen LogP contribution in [0.5, 0.6) is 0 Å². The van der Waals surface area contributed by atoms with Crippen LogP contribution in [-0.2, 0) is 14.8 Å². The van der Waals surface area contributed by atoms with E-state index in [-0.39, 0.29) is 4.90 Å². The fraction of sp³-hybridized carbons (Fsp3) is 0.263. The molecule has 0 aliphatic heterocycles. The van der Waals surface area contributed by atoms with Crippen LogP contribution in [0.3, 0.4) is 0 Å². The number of halogens is 3.